The Bertz CT molecular complexity index is 782. The molecule has 2 heterocycles. The molecule has 0 spiro atoms. The Labute approximate surface area is 156 Å². The molecule has 2 amide bonds. The van der Waals surface area contributed by atoms with Crippen LogP contribution in [0.15, 0.2) is 36.4 Å². The summed E-state index contributed by atoms with van der Waals surface area (Å²) in [6.45, 7) is 0. The van der Waals surface area contributed by atoms with Crippen molar-refractivity contribution >= 4 is 23.2 Å². The SMILES string of the molecule is O=C(NNC(=O)C1CC(c2ccccc2)NN1)c1cc2c(s1)CCCC2. The van der Waals surface area contributed by atoms with Crippen molar-refractivity contribution in [1.82, 2.24) is 21.7 Å². The van der Waals surface area contributed by atoms with Gasteiger partial charge in [-0.2, -0.15) is 0 Å². The van der Waals surface area contributed by atoms with Crippen LogP contribution in [0.3, 0.4) is 0 Å². The van der Waals surface area contributed by atoms with Crippen molar-refractivity contribution in [3.63, 3.8) is 0 Å². The third kappa shape index (κ3) is 3.65. The van der Waals surface area contributed by atoms with Crippen LogP contribution in [0, 0.1) is 0 Å². The second kappa shape index (κ2) is 7.57. The fraction of sp³-hybridized carbons (Fsp3) is 0.368. The van der Waals surface area contributed by atoms with Gasteiger partial charge in [0.05, 0.1) is 4.88 Å². The molecule has 2 aliphatic rings. The Hall–Kier alpha value is -2.22. The van der Waals surface area contributed by atoms with Crippen molar-refractivity contribution in [3.8, 4) is 0 Å². The molecule has 1 aliphatic heterocycles. The van der Waals surface area contributed by atoms with Gasteiger partial charge >= 0.3 is 0 Å². The highest BCUT2D eigenvalue weighted by atomic mass is 32.1. The summed E-state index contributed by atoms with van der Waals surface area (Å²) in [7, 11) is 0. The first-order chi connectivity index (χ1) is 12.7. The molecule has 6 nitrogen and oxygen atoms in total. The first kappa shape index (κ1) is 17.2. The lowest BCUT2D eigenvalue weighted by molar-refractivity contribution is -0.123. The summed E-state index contributed by atoms with van der Waals surface area (Å²) in [6, 6.07) is 11.6. The maximum absolute atomic E-state index is 12.3. The van der Waals surface area contributed by atoms with Gasteiger partial charge in [-0.15, -0.1) is 11.3 Å². The standard InChI is InChI=1S/C19H22N4O2S/c24-18(15-11-14(20-21-15)12-6-2-1-3-7-12)22-23-19(25)17-10-13-8-4-5-9-16(13)26-17/h1-3,6-7,10,14-15,20-21H,4-5,8-9,11H2,(H,22,24)(H,23,25). The maximum atomic E-state index is 12.3. The zero-order valence-corrected chi connectivity index (χ0v) is 15.2. The van der Waals surface area contributed by atoms with E-state index in [1.54, 1.807) is 0 Å². The molecule has 0 radical (unpaired) electrons. The minimum atomic E-state index is -0.392. The molecule has 1 fully saturated rings. The monoisotopic (exact) mass is 370 g/mol. The van der Waals surface area contributed by atoms with Crippen molar-refractivity contribution in [3.05, 3.63) is 57.3 Å². The minimum absolute atomic E-state index is 0.0756. The Kier molecular flexibility index (Phi) is 5.01. The first-order valence-electron chi connectivity index (χ1n) is 8.98. The van der Waals surface area contributed by atoms with E-state index < -0.39 is 6.04 Å². The van der Waals surface area contributed by atoms with E-state index in [-0.39, 0.29) is 17.9 Å². The fourth-order valence-electron chi connectivity index (χ4n) is 3.50. The third-order valence-corrected chi connectivity index (χ3v) is 6.18. The van der Waals surface area contributed by atoms with Crippen LogP contribution >= 0.6 is 11.3 Å². The van der Waals surface area contributed by atoms with E-state index in [1.165, 1.54) is 34.6 Å². The largest absolute Gasteiger partial charge is 0.279 e. The molecule has 0 saturated carbocycles. The minimum Gasteiger partial charge on any atom is -0.271 e. The third-order valence-electron chi connectivity index (χ3n) is 4.94. The van der Waals surface area contributed by atoms with Crippen LogP contribution < -0.4 is 21.7 Å². The van der Waals surface area contributed by atoms with Gasteiger partial charge in [-0.05, 0) is 49.3 Å². The lowest BCUT2D eigenvalue weighted by Gasteiger charge is -2.11. The van der Waals surface area contributed by atoms with Crippen molar-refractivity contribution in [1.29, 1.82) is 0 Å². The van der Waals surface area contributed by atoms with Crippen molar-refractivity contribution in [2.45, 2.75) is 44.2 Å². The average Bonchev–Trinajstić information content (AvgIpc) is 3.33. The molecule has 0 bridgehead atoms. The number of fused-ring (bicyclic) bond motifs is 1. The number of thiophene rings is 1. The van der Waals surface area contributed by atoms with Crippen LogP contribution in [-0.2, 0) is 17.6 Å². The summed E-state index contributed by atoms with van der Waals surface area (Å²) in [5, 5.41) is 0. The topological polar surface area (TPSA) is 82.3 Å². The number of aryl methyl sites for hydroxylation is 2. The van der Waals surface area contributed by atoms with E-state index in [1.807, 2.05) is 36.4 Å². The molecule has 4 rings (SSSR count). The highest BCUT2D eigenvalue weighted by molar-refractivity contribution is 7.14. The summed E-state index contributed by atoms with van der Waals surface area (Å²) in [5.41, 5.74) is 13.6. The van der Waals surface area contributed by atoms with E-state index in [9.17, 15) is 9.59 Å². The molecule has 1 aromatic carbocycles. The number of hydrazine groups is 2. The lowest BCUT2D eigenvalue weighted by Crippen LogP contribution is -2.50. The number of carbonyl (C=O) groups is 2. The summed E-state index contributed by atoms with van der Waals surface area (Å²) >= 11 is 1.53. The summed E-state index contributed by atoms with van der Waals surface area (Å²) in [4.78, 5) is 26.6. The lowest BCUT2D eigenvalue weighted by atomic mass is 9.99. The molecule has 1 aliphatic carbocycles. The van der Waals surface area contributed by atoms with Gasteiger partial charge in [0, 0.05) is 10.9 Å². The van der Waals surface area contributed by atoms with Crippen LogP contribution in [0.5, 0.6) is 0 Å². The van der Waals surface area contributed by atoms with Gasteiger partial charge in [0.1, 0.15) is 6.04 Å². The molecule has 136 valence electrons. The molecule has 26 heavy (non-hydrogen) atoms. The highest BCUT2D eigenvalue weighted by Gasteiger charge is 2.30. The smallest absolute Gasteiger partial charge is 0.271 e. The molecule has 2 aromatic rings. The van der Waals surface area contributed by atoms with E-state index in [4.69, 9.17) is 0 Å². The van der Waals surface area contributed by atoms with E-state index >= 15 is 0 Å². The molecule has 2 unspecified atom stereocenters. The Balaban J connectivity index is 1.30. The zero-order chi connectivity index (χ0) is 17.9. The van der Waals surface area contributed by atoms with Gasteiger partial charge in [0.15, 0.2) is 0 Å². The van der Waals surface area contributed by atoms with Crippen LogP contribution in [0.1, 0.15) is 51.0 Å². The second-order valence-electron chi connectivity index (χ2n) is 6.75. The van der Waals surface area contributed by atoms with E-state index in [2.05, 4.69) is 21.7 Å². The summed E-state index contributed by atoms with van der Waals surface area (Å²) in [6.07, 6.45) is 5.10. The predicted molar refractivity (Wildman–Crippen MR) is 100 cm³/mol. The Morgan fingerprint density at radius 3 is 2.65 bits per heavy atom. The van der Waals surface area contributed by atoms with Gasteiger partial charge in [-0.1, -0.05) is 30.3 Å². The first-order valence-corrected chi connectivity index (χ1v) is 9.80. The number of hydrogen-bond donors (Lipinski definition) is 4. The fourth-order valence-corrected chi connectivity index (χ4v) is 4.65. The van der Waals surface area contributed by atoms with Crippen molar-refractivity contribution in [2.75, 3.05) is 0 Å². The zero-order valence-electron chi connectivity index (χ0n) is 14.4. The van der Waals surface area contributed by atoms with E-state index in [0.717, 1.165) is 18.4 Å². The van der Waals surface area contributed by atoms with Gasteiger partial charge in [0.2, 0.25) is 0 Å². The van der Waals surface area contributed by atoms with Crippen molar-refractivity contribution in [2.24, 2.45) is 0 Å². The van der Waals surface area contributed by atoms with Gasteiger partial charge in [-0.25, -0.2) is 10.9 Å². The molecule has 2 atom stereocenters. The number of amides is 2. The summed E-state index contributed by atoms with van der Waals surface area (Å²) < 4.78 is 0. The van der Waals surface area contributed by atoms with Crippen LogP contribution in [0.2, 0.25) is 0 Å². The quantitative estimate of drug-likeness (QED) is 0.623. The molecule has 1 aromatic heterocycles. The van der Waals surface area contributed by atoms with Gasteiger partial charge < -0.3 is 0 Å². The van der Waals surface area contributed by atoms with Gasteiger partial charge in [0.25, 0.3) is 11.8 Å². The predicted octanol–water partition coefficient (Wildman–Crippen LogP) is 2.00. The number of rotatable bonds is 3. The highest BCUT2D eigenvalue weighted by Crippen LogP contribution is 2.29. The second-order valence-corrected chi connectivity index (χ2v) is 7.89. The molecular formula is C19H22N4O2S. The molecule has 4 N–H and O–H groups in total. The van der Waals surface area contributed by atoms with Crippen LogP contribution in [0.25, 0.3) is 0 Å². The van der Waals surface area contributed by atoms with Crippen LogP contribution in [0.4, 0.5) is 0 Å². The van der Waals surface area contributed by atoms with Crippen molar-refractivity contribution < 1.29 is 9.59 Å². The maximum Gasteiger partial charge on any atom is 0.279 e. The van der Waals surface area contributed by atoms with E-state index in [0.29, 0.717) is 11.3 Å². The molecule has 7 heteroatoms. The average molecular weight is 370 g/mol. The van der Waals surface area contributed by atoms with Gasteiger partial charge in [-0.3, -0.25) is 20.4 Å². The number of carbonyl (C=O) groups excluding carboxylic acids is 2. The number of benzene rings is 1. The normalized spacial score (nSPS) is 21.8. The Morgan fingerprint density at radius 2 is 1.85 bits per heavy atom. The molecule has 1 saturated heterocycles. The van der Waals surface area contributed by atoms with Crippen LogP contribution in [-0.4, -0.2) is 17.9 Å². The number of hydrogen-bond acceptors (Lipinski definition) is 5. The number of nitrogens with one attached hydrogen (secondary N) is 4. The molecular weight excluding hydrogens is 348 g/mol. The summed E-state index contributed by atoms with van der Waals surface area (Å²) in [5.74, 6) is -0.492. The Morgan fingerprint density at radius 1 is 1.04 bits per heavy atom.